The number of benzene rings is 2. The fourth-order valence-corrected chi connectivity index (χ4v) is 3.68. The second-order valence-corrected chi connectivity index (χ2v) is 6.55. The van der Waals surface area contributed by atoms with Gasteiger partial charge in [0.25, 0.3) is 5.91 Å². The fourth-order valence-electron chi connectivity index (χ4n) is 3.68. The van der Waals surface area contributed by atoms with Crippen molar-refractivity contribution in [2.75, 3.05) is 16.9 Å². The number of carbonyl (C=O) groups excluding carboxylic acids is 2. The van der Waals surface area contributed by atoms with E-state index in [2.05, 4.69) is 15.0 Å². The van der Waals surface area contributed by atoms with Crippen LogP contribution in [0.3, 0.4) is 0 Å². The smallest absolute Gasteiger partial charge is 0.277 e. The van der Waals surface area contributed by atoms with E-state index in [0.29, 0.717) is 28.5 Å². The third-order valence-corrected chi connectivity index (χ3v) is 5.03. The number of aldehydes is 1. The van der Waals surface area contributed by atoms with Crippen molar-refractivity contribution in [1.29, 1.82) is 0 Å². The van der Waals surface area contributed by atoms with Gasteiger partial charge in [0.15, 0.2) is 18.3 Å². The van der Waals surface area contributed by atoms with E-state index in [1.54, 1.807) is 30.5 Å². The van der Waals surface area contributed by atoms with Gasteiger partial charge in [-0.1, -0.05) is 6.07 Å². The summed E-state index contributed by atoms with van der Waals surface area (Å²) in [4.78, 5) is 40.3. The second kappa shape index (κ2) is 6.52. The van der Waals surface area contributed by atoms with E-state index in [9.17, 15) is 9.59 Å². The number of ether oxygens (including phenoxy) is 1. The van der Waals surface area contributed by atoms with E-state index in [-0.39, 0.29) is 5.91 Å². The maximum absolute atomic E-state index is 12.2. The molecule has 0 radical (unpaired) electrons. The van der Waals surface area contributed by atoms with Gasteiger partial charge in [0, 0.05) is 23.2 Å². The van der Waals surface area contributed by atoms with E-state index in [0.717, 1.165) is 17.5 Å². The normalized spacial score (nSPS) is 16.7. The van der Waals surface area contributed by atoms with Crippen LogP contribution in [0.25, 0.3) is 0 Å². The van der Waals surface area contributed by atoms with Crippen LogP contribution in [0.4, 0.5) is 22.9 Å². The zero-order valence-electron chi connectivity index (χ0n) is 15.4. The van der Waals surface area contributed by atoms with E-state index >= 15 is 0 Å². The summed E-state index contributed by atoms with van der Waals surface area (Å²) in [5, 5.41) is 0. The molecule has 0 N–H and O–H groups in total. The largest absolute Gasteiger partial charge is 0.497 e. The molecule has 8 heteroatoms. The second-order valence-electron chi connectivity index (χ2n) is 6.55. The van der Waals surface area contributed by atoms with Crippen molar-refractivity contribution in [3.05, 3.63) is 66.1 Å². The van der Waals surface area contributed by atoms with Crippen molar-refractivity contribution in [2.45, 2.75) is 6.17 Å². The zero-order chi connectivity index (χ0) is 20.0. The van der Waals surface area contributed by atoms with Crippen molar-refractivity contribution in [3.63, 3.8) is 0 Å². The first-order valence-corrected chi connectivity index (χ1v) is 8.91. The van der Waals surface area contributed by atoms with Crippen LogP contribution in [-0.4, -0.2) is 41.7 Å². The molecular formula is C21H15N5O3. The van der Waals surface area contributed by atoms with Crippen LogP contribution in [0.2, 0.25) is 0 Å². The van der Waals surface area contributed by atoms with Gasteiger partial charge in [0.1, 0.15) is 17.8 Å². The number of nitrogens with zero attached hydrogens (tertiary/aromatic N) is 5. The number of hydrogen-bond donors (Lipinski definition) is 0. The molecule has 29 heavy (non-hydrogen) atoms. The summed E-state index contributed by atoms with van der Waals surface area (Å²) in [5.41, 5.74) is 3.43. The molecule has 0 aliphatic carbocycles. The minimum absolute atomic E-state index is 0.293. The van der Waals surface area contributed by atoms with Gasteiger partial charge in [-0.25, -0.2) is 15.0 Å². The highest BCUT2D eigenvalue weighted by Crippen LogP contribution is 2.45. The molecule has 1 atom stereocenters. The molecule has 0 saturated heterocycles. The van der Waals surface area contributed by atoms with Crippen LogP contribution in [0.15, 0.2) is 60.0 Å². The van der Waals surface area contributed by atoms with Gasteiger partial charge in [0.05, 0.1) is 18.9 Å². The Morgan fingerprint density at radius 1 is 1.07 bits per heavy atom. The Morgan fingerprint density at radius 2 is 1.86 bits per heavy atom. The maximum atomic E-state index is 12.2. The Hall–Kier alpha value is -4.07. The SMILES string of the molecule is COc1ccc(N2c3cncnc3N(c3ccc4c(c3)C(=O)N=C4)C2C=O)cc1. The molecule has 142 valence electrons. The van der Waals surface area contributed by atoms with E-state index in [4.69, 9.17) is 4.74 Å². The van der Waals surface area contributed by atoms with Crippen molar-refractivity contribution in [3.8, 4) is 5.75 Å². The Labute approximate surface area is 166 Å². The predicted molar refractivity (Wildman–Crippen MR) is 108 cm³/mol. The molecule has 0 spiro atoms. The highest BCUT2D eigenvalue weighted by atomic mass is 16.5. The predicted octanol–water partition coefficient (Wildman–Crippen LogP) is 2.87. The third kappa shape index (κ3) is 2.57. The lowest BCUT2D eigenvalue weighted by molar-refractivity contribution is -0.108. The molecule has 2 aliphatic heterocycles. The first-order valence-electron chi connectivity index (χ1n) is 8.91. The quantitative estimate of drug-likeness (QED) is 0.638. The van der Waals surface area contributed by atoms with Crippen LogP contribution >= 0.6 is 0 Å². The number of aromatic nitrogens is 2. The molecule has 1 amide bonds. The number of hydrogen-bond acceptors (Lipinski definition) is 7. The average molecular weight is 385 g/mol. The summed E-state index contributed by atoms with van der Waals surface area (Å²) >= 11 is 0. The summed E-state index contributed by atoms with van der Waals surface area (Å²) in [6.45, 7) is 0. The molecule has 0 bridgehead atoms. The molecule has 3 aromatic rings. The number of fused-ring (bicyclic) bond motifs is 2. The van der Waals surface area contributed by atoms with Gasteiger partial charge in [-0.15, -0.1) is 0 Å². The van der Waals surface area contributed by atoms with Crippen molar-refractivity contribution < 1.29 is 14.3 Å². The molecule has 0 fully saturated rings. The topological polar surface area (TPSA) is 88.0 Å². The summed E-state index contributed by atoms with van der Waals surface area (Å²) < 4.78 is 5.23. The Balaban J connectivity index is 1.64. The molecule has 2 aromatic carbocycles. The third-order valence-electron chi connectivity index (χ3n) is 5.03. The summed E-state index contributed by atoms with van der Waals surface area (Å²) in [5.74, 6) is 1.01. The molecule has 5 rings (SSSR count). The Bertz CT molecular complexity index is 1160. The van der Waals surface area contributed by atoms with Crippen molar-refractivity contribution in [1.82, 2.24) is 9.97 Å². The summed E-state index contributed by atoms with van der Waals surface area (Å²) in [6, 6.07) is 12.8. The number of carbonyl (C=O) groups is 2. The molecule has 0 saturated carbocycles. The highest BCUT2D eigenvalue weighted by Gasteiger charge is 2.39. The van der Waals surface area contributed by atoms with Gasteiger partial charge >= 0.3 is 0 Å². The van der Waals surface area contributed by atoms with Crippen LogP contribution in [0.1, 0.15) is 15.9 Å². The Kier molecular flexibility index (Phi) is 3.83. The standard InChI is InChI=1S/C21H15N5O3/c1-29-16-6-4-14(5-7-16)25-18-10-22-12-24-20(18)26(19(25)11-27)15-3-2-13-9-23-21(28)17(13)8-15/h2-12,19H,1H3. The molecule has 8 nitrogen and oxygen atoms in total. The van der Waals surface area contributed by atoms with Crippen LogP contribution < -0.4 is 14.5 Å². The lowest BCUT2D eigenvalue weighted by atomic mass is 10.1. The van der Waals surface area contributed by atoms with Crippen molar-refractivity contribution in [2.24, 2.45) is 4.99 Å². The number of anilines is 4. The monoisotopic (exact) mass is 385 g/mol. The minimum atomic E-state index is -0.689. The number of aliphatic imine (C=N–C) groups is 1. The van der Waals surface area contributed by atoms with Crippen molar-refractivity contribution >= 4 is 41.3 Å². The highest BCUT2D eigenvalue weighted by molar-refractivity contribution is 6.13. The fraction of sp³-hybridized carbons (Fsp3) is 0.0952. The van der Waals surface area contributed by atoms with E-state index < -0.39 is 6.17 Å². The van der Waals surface area contributed by atoms with Crippen LogP contribution in [0, 0.1) is 0 Å². The molecule has 3 heterocycles. The first kappa shape index (κ1) is 17.1. The lowest BCUT2D eigenvalue weighted by Crippen LogP contribution is -2.39. The van der Waals surface area contributed by atoms with Gasteiger partial charge in [-0.2, -0.15) is 0 Å². The van der Waals surface area contributed by atoms with Crippen LogP contribution in [0.5, 0.6) is 5.75 Å². The lowest BCUT2D eigenvalue weighted by Gasteiger charge is -2.28. The zero-order valence-corrected chi connectivity index (χ0v) is 15.4. The minimum Gasteiger partial charge on any atom is -0.497 e. The number of methoxy groups -OCH3 is 1. The first-order chi connectivity index (χ1) is 14.2. The summed E-state index contributed by atoms with van der Waals surface area (Å²) in [7, 11) is 1.60. The van der Waals surface area contributed by atoms with E-state index in [1.807, 2.05) is 41.3 Å². The van der Waals surface area contributed by atoms with Gasteiger partial charge < -0.3 is 9.64 Å². The maximum Gasteiger partial charge on any atom is 0.277 e. The number of amides is 1. The summed E-state index contributed by atoms with van der Waals surface area (Å²) in [6.07, 6.45) is 4.81. The van der Waals surface area contributed by atoms with Gasteiger partial charge in [-0.3, -0.25) is 14.5 Å². The average Bonchev–Trinajstić information content (AvgIpc) is 3.31. The molecular weight excluding hydrogens is 370 g/mol. The van der Waals surface area contributed by atoms with Gasteiger partial charge in [0.2, 0.25) is 0 Å². The Morgan fingerprint density at radius 3 is 2.62 bits per heavy atom. The van der Waals surface area contributed by atoms with Gasteiger partial charge in [-0.05, 0) is 36.4 Å². The molecule has 1 unspecified atom stereocenters. The van der Waals surface area contributed by atoms with Crippen LogP contribution in [-0.2, 0) is 4.79 Å². The molecule has 2 aliphatic rings. The van der Waals surface area contributed by atoms with E-state index in [1.165, 1.54) is 6.33 Å². The molecule has 1 aromatic heterocycles. The number of rotatable bonds is 4.